The lowest BCUT2D eigenvalue weighted by Gasteiger charge is -2.57. The molecular weight excluding hydrogens is 308 g/mol. The lowest BCUT2D eigenvalue weighted by molar-refractivity contribution is -0.170. The highest BCUT2D eigenvalue weighted by Crippen LogP contribution is 2.49. The second-order valence-corrected chi connectivity index (χ2v) is 7.83. The molecule has 1 heterocycles. The first kappa shape index (κ1) is 19.1. The normalized spacial score (nSPS) is 31.9. The number of amides is 1. The largest absolute Gasteiger partial charge is 0.378 e. The van der Waals surface area contributed by atoms with Crippen molar-refractivity contribution in [1.82, 2.24) is 5.32 Å². The van der Waals surface area contributed by atoms with Crippen molar-refractivity contribution < 1.29 is 9.53 Å². The van der Waals surface area contributed by atoms with Crippen LogP contribution in [0.1, 0.15) is 40.0 Å². The molecule has 0 aromatic rings. The Kier molecular flexibility index (Phi) is 6.84. The van der Waals surface area contributed by atoms with Crippen LogP contribution in [0.2, 0.25) is 0 Å². The summed E-state index contributed by atoms with van der Waals surface area (Å²) in [6, 6.07) is 0. The molecule has 2 unspecified atom stereocenters. The summed E-state index contributed by atoms with van der Waals surface area (Å²) in [6.45, 7) is 7.49. The summed E-state index contributed by atoms with van der Waals surface area (Å²) >= 11 is 2.01. The fourth-order valence-corrected chi connectivity index (χ4v) is 4.37. The molecule has 3 N–H and O–H groups in total. The number of nitrogens with two attached hydrogens (primary N) is 1. The molecule has 1 aliphatic heterocycles. The van der Waals surface area contributed by atoms with Gasteiger partial charge in [-0.05, 0) is 37.2 Å². The summed E-state index contributed by atoms with van der Waals surface area (Å²) in [5.41, 5.74) is 5.29. The van der Waals surface area contributed by atoms with Crippen LogP contribution in [0.15, 0.2) is 0 Å². The van der Waals surface area contributed by atoms with Gasteiger partial charge in [-0.2, -0.15) is 11.8 Å². The first-order chi connectivity index (χ1) is 9.41. The number of hydrogen-bond acceptors (Lipinski definition) is 4. The number of nitrogens with one attached hydrogen (secondary N) is 1. The predicted molar refractivity (Wildman–Crippen MR) is 91.0 cm³/mol. The first-order valence-electron chi connectivity index (χ1n) is 7.68. The first-order valence-corrected chi connectivity index (χ1v) is 8.84. The molecule has 0 aromatic carbocycles. The Balaban J connectivity index is 0.00000220. The molecule has 1 saturated heterocycles. The molecule has 0 spiro atoms. The number of hydrogen-bond donors (Lipinski definition) is 2. The maximum atomic E-state index is 12.5. The fourth-order valence-electron chi connectivity index (χ4n) is 3.17. The van der Waals surface area contributed by atoms with Crippen LogP contribution >= 0.6 is 24.2 Å². The number of halogens is 1. The molecule has 124 valence electrons. The Hall–Kier alpha value is 0.0300. The van der Waals surface area contributed by atoms with Gasteiger partial charge in [0.05, 0.1) is 6.10 Å². The number of carbonyl (C=O) groups is 1. The van der Waals surface area contributed by atoms with E-state index in [-0.39, 0.29) is 29.8 Å². The minimum atomic E-state index is -0.781. The summed E-state index contributed by atoms with van der Waals surface area (Å²) in [5, 5.41) is 3.08. The predicted octanol–water partition coefficient (Wildman–Crippen LogP) is 2.20. The standard InChI is InChI=1S/C15H28N2O2S.ClH/c1-4-19-12-9-15(16,14(12,2)3)13(18)17-10-11-5-7-20-8-6-11;/h11-12H,4-10,16H2,1-3H3,(H,17,18);1H. The van der Waals surface area contributed by atoms with Gasteiger partial charge in [0.1, 0.15) is 5.54 Å². The molecule has 6 heteroatoms. The lowest BCUT2D eigenvalue weighted by atomic mass is 9.54. The zero-order valence-electron chi connectivity index (χ0n) is 13.3. The molecule has 2 aliphatic rings. The van der Waals surface area contributed by atoms with E-state index in [1.54, 1.807) is 0 Å². The third-order valence-corrected chi connectivity index (χ3v) is 6.18. The van der Waals surface area contributed by atoms with Crippen molar-refractivity contribution in [3.8, 4) is 0 Å². The molecule has 1 aliphatic carbocycles. The van der Waals surface area contributed by atoms with Gasteiger partial charge in [-0.1, -0.05) is 13.8 Å². The van der Waals surface area contributed by atoms with Gasteiger partial charge in [0.15, 0.2) is 0 Å². The van der Waals surface area contributed by atoms with Gasteiger partial charge in [0.25, 0.3) is 0 Å². The molecule has 21 heavy (non-hydrogen) atoms. The van der Waals surface area contributed by atoms with Gasteiger partial charge < -0.3 is 15.8 Å². The minimum absolute atomic E-state index is 0. The van der Waals surface area contributed by atoms with Gasteiger partial charge >= 0.3 is 0 Å². The average molecular weight is 337 g/mol. The molecule has 1 amide bonds. The summed E-state index contributed by atoms with van der Waals surface area (Å²) < 4.78 is 5.67. The molecule has 0 radical (unpaired) electrons. The molecule has 2 atom stereocenters. The monoisotopic (exact) mass is 336 g/mol. The minimum Gasteiger partial charge on any atom is -0.378 e. The van der Waals surface area contributed by atoms with Crippen molar-refractivity contribution in [2.75, 3.05) is 24.7 Å². The van der Waals surface area contributed by atoms with Crippen LogP contribution in [0.3, 0.4) is 0 Å². The zero-order chi connectivity index (χ0) is 14.8. The van der Waals surface area contributed by atoms with Crippen LogP contribution in [-0.4, -0.2) is 42.2 Å². The number of ether oxygens (including phenoxy) is 1. The summed E-state index contributed by atoms with van der Waals surface area (Å²) in [4.78, 5) is 12.5. The highest BCUT2D eigenvalue weighted by molar-refractivity contribution is 7.99. The maximum absolute atomic E-state index is 12.5. The van der Waals surface area contributed by atoms with E-state index in [1.807, 2.05) is 32.5 Å². The molecule has 0 aromatic heterocycles. The van der Waals surface area contributed by atoms with Crippen molar-refractivity contribution in [3.63, 3.8) is 0 Å². The van der Waals surface area contributed by atoms with E-state index in [4.69, 9.17) is 10.5 Å². The number of thioether (sulfide) groups is 1. The molecular formula is C15H29ClN2O2S. The zero-order valence-corrected chi connectivity index (χ0v) is 14.9. The highest BCUT2D eigenvalue weighted by Gasteiger charge is 2.62. The second-order valence-electron chi connectivity index (χ2n) is 6.61. The summed E-state index contributed by atoms with van der Waals surface area (Å²) in [5.74, 6) is 3.05. The Morgan fingerprint density at radius 3 is 2.52 bits per heavy atom. The van der Waals surface area contributed by atoms with E-state index < -0.39 is 5.54 Å². The van der Waals surface area contributed by atoms with Crippen LogP contribution in [-0.2, 0) is 9.53 Å². The van der Waals surface area contributed by atoms with E-state index in [0.29, 0.717) is 18.9 Å². The number of rotatable bonds is 5. The molecule has 1 saturated carbocycles. The van der Waals surface area contributed by atoms with E-state index in [2.05, 4.69) is 5.32 Å². The average Bonchev–Trinajstić information content (AvgIpc) is 2.45. The van der Waals surface area contributed by atoms with Crippen molar-refractivity contribution in [2.24, 2.45) is 17.1 Å². The fraction of sp³-hybridized carbons (Fsp3) is 0.933. The molecule has 0 bridgehead atoms. The Bertz CT molecular complexity index is 362. The molecule has 2 fully saturated rings. The van der Waals surface area contributed by atoms with Crippen molar-refractivity contribution in [2.45, 2.75) is 51.7 Å². The van der Waals surface area contributed by atoms with Gasteiger partial charge in [0.2, 0.25) is 5.91 Å². The highest BCUT2D eigenvalue weighted by atomic mass is 35.5. The quantitative estimate of drug-likeness (QED) is 0.807. The Morgan fingerprint density at radius 2 is 2.00 bits per heavy atom. The van der Waals surface area contributed by atoms with E-state index in [0.717, 1.165) is 6.54 Å². The third-order valence-electron chi connectivity index (χ3n) is 5.13. The van der Waals surface area contributed by atoms with Crippen LogP contribution in [0.4, 0.5) is 0 Å². The third kappa shape index (κ3) is 3.69. The van der Waals surface area contributed by atoms with Crippen molar-refractivity contribution >= 4 is 30.1 Å². The van der Waals surface area contributed by atoms with Crippen LogP contribution < -0.4 is 11.1 Å². The van der Waals surface area contributed by atoms with E-state index >= 15 is 0 Å². The Labute approximate surface area is 138 Å². The Morgan fingerprint density at radius 1 is 1.38 bits per heavy atom. The van der Waals surface area contributed by atoms with Crippen LogP contribution in [0.5, 0.6) is 0 Å². The maximum Gasteiger partial charge on any atom is 0.240 e. The van der Waals surface area contributed by atoms with E-state index in [9.17, 15) is 4.79 Å². The SMILES string of the molecule is CCOC1CC(N)(C(=O)NCC2CCSCC2)C1(C)C.Cl. The van der Waals surface area contributed by atoms with Crippen LogP contribution in [0, 0.1) is 11.3 Å². The summed E-state index contributed by atoms with van der Waals surface area (Å²) in [7, 11) is 0. The molecule has 4 nitrogen and oxygen atoms in total. The smallest absolute Gasteiger partial charge is 0.240 e. The van der Waals surface area contributed by atoms with Crippen molar-refractivity contribution in [3.05, 3.63) is 0 Å². The topological polar surface area (TPSA) is 64.3 Å². The van der Waals surface area contributed by atoms with Gasteiger partial charge in [-0.15, -0.1) is 12.4 Å². The summed E-state index contributed by atoms with van der Waals surface area (Å²) in [6.07, 6.45) is 3.12. The van der Waals surface area contributed by atoms with Crippen molar-refractivity contribution in [1.29, 1.82) is 0 Å². The lowest BCUT2D eigenvalue weighted by Crippen LogP contribution is -2.75. The van der Waals surface area contributed by atoms with Gasteiger partial charge in [-0.25, -0.2) is 0 Å². The van der Waals surface area contributed by atoms with Gasteiger partial charge in [0, 0.05) is 25.0 Å². The van der Waals surface area contributed by atoms with E-state index in [1.165, 1.54) is 24.3 Å². The molecule has 2 rings (SSSR count). The second kappa shape index (κ2) is 7.53. The van der Waals surface area contributed by atoms with Crippen LogP contribution in [0.25, 0.3) is 0 Å². The van der Waals surface area contributed by atoms with Gasteiger partial charge in [-0.3, -0.25) is 4.79 Å². The number of carbonyl (C=O) groups excluding carboxylic acids is 1.